The molecule has 1 fully saturated rings. The van der Waals surface area contributed by atoms with E-state index < -0.39 is 0 Å². The number of likely N-dealkylation sites (tertiary alicyclic amines) is 1. The van der Waals surface area contributed by atoms with Gasteiger partial charge in [0.05, 0.1) is 12.6 Å². The second-order valence-corrected chi connectivity index (χ2v) is 3.75. The largest absolute Gasteiger partial charge is 0.461 e. The molecular weight excluding hydrogens is 194 g/mol. The predicted octanol–water partition coefficient (Wildman–Crippen LogP) is 1.03. The van der Waals surface area contributed by atoms with E-state index in [1.54, 1.807) is 13.2 Å². The van der Waals surface area contributed by atoms with E-state index in [0.29, 0.717) is 13.3 Å². The Morgan fingerprint density at radius 2 is 2.47 bits per heavy atom. The molecule has 0 N–H and O–H groups in total. The summed E-state index contributed by atoms with van der Waals surface area (Å²) in [6, 6.07) is 0. The average Bonchev–Trinajstić information content (AvgIpc) is 2.27. The first-order valence-corrected chi connectivity index (χ1v) is 5.26. The average molecular weight is 213 g/mol. The molecule has 0 aromatic heterocycles. The van der Waals surface area contributed by atoms with Gasteiger partial charge in [0.15, 0.2) is 0 Å². The summed E-state index contributed by atoms with van der Waals surface area (Å²) < 4.78 is 10.1. The molecule has 1 aliphatic heterocycles. The van der Waals surface area contributed by atoms with Crippen molar-refractivity contribution in [1.29, 1.82) is 0 Å². The molecule has 0 amide bonds. The van der Waals surface area contributed by atoms with Crippen LogP contribution in [0, 0.1) is 5.92 Å². The van der Waals surface area contributed by atoms with E-state index in [2.05, 4.69) is 11.5 Å². The Morgan fingerprint density at radius 1 is 1.67 bits per heavy atom. The summed E-state index contributed by atoms with van der Waals surface area (Å²) in [6.07, 6.45) is 3.53. The van der Waals surface area contributed by atoms with Gasteiger partial charge in [-0.1, -0.05) is 12.7 Å². The van der Waals surface area contributed by atoms with Crippen molar-refractivity contribution < 1.29 is 14.3 Å². The van der Waals surface area contributed by atoms with Crippen LogP contribution in [0.3, 0.4) is 0 Å². The fraction of sp³-hybridized carbons (Fsp3) is 0.727. The minimum atomic E-state index is -0.115. The standard InChI is InChI=1S/C11H19NO3/c1-3-7-15-11(13)10-5-4-6-12(8-10)9-14-2/h3,10H,1,4-9H2,2H3. The summed E-state index contributed by atoms with van der Waals surface area (Å²) in [7, 11) is 1.67. The van der Waals surface area contributed by atoms with Crippen LogP contribution in [0.5, 0.6) is 0 Å². The second kappa shape index (κ2) is 6.58. The molecule has 1 atom stereocenters. The first-order chi connectivity index (χ1) is 7.27. The maximum absolute atomic E-state index is 11.6. The highest BCUT2D eigenvalue weighted by atomic mass is 16.5. The van der Waals surface area contributed by atoms with Crippen molar-refractivity contribution in [3.8, 4) is 0 Å². The number of rotatable bonds is 5. The van der Waals surface area contributed by atoms with Gasteiger partial charge in [-0.15, -0.1) is 0 Å². The summed E-state index contributed by atoms with van der Waals surface area (Å²) in [4.78, 5) is 13.7. The molecule has 1 unspecified atom stereocenters. The molecule has 1 rings (SSSR count). The third-order valence-electron chi connectivity index (χ3n) is 2.49. The SMILES string of the molecule is C=CCOC(=O)C1CCCN(COC)C1. The molecule has 1 saturated heterocycles. The molecule has 15 heavy (non-hydrogen) atoms. The lowest BCUT2D eigenvalue weighted by Crippen LogP contribution is -2.40. The topological polar surface area (TPSA) is 38.8 Å². The van der Waals surface area contributed by atoms with Gasteiger partial charge in [-0.25, -0.2) is 0 Å². The summed E-state index contributed by atoms with van der Waals surface area (Å²) in [6.45, 7) is 6.15. The summed E-state index contributed by atoms with van der Waals surface area (Å²) >= 11 is 0. The molecular formula is C11H19NO3. The Hall–Kier alpha value is -0.870. The van der Waals surface area contributed by atoms with Crippen molar-refractivity contribution >= 4 is 5.97 Å². The normalized spacial score (nSPS) is 22.3. The zero-order valence-corrected chi connectivity index (χ0v) is 9.28. The first-order valence-electron chi connectivity index (χ1n) is 5.26. The summed E-state index contributed by atoms with van der Waals surface area (Å²) in [5, 5.41) is 0. The van der Waals surface area contributed by atoms with Crippen molar-refractivity contribution in [2.24, 2.45) is 5.92 Å². The van der Waals surface area contributed by atoms with Crippen molar-refractivity contribution in [3.05, 3.63) is 12.7 Å². The van der Waals surface area contributed by atoms with Crippen molar-refractivity contribution in [3.63, 3.8) is 0 Å². The van der Waals surface area contributed by atoms with Crippen LogP contribution in [0.15, 0.2) is 12.7 Å². The highest BCUT2D eigenvalue weighted by molar-refractivity contribution is 5.72. The number of carbonyl (C=O) groups is 1. The Morgan fingerprint density at radius 3 is 3.13 bits per heavy atom. The monoisotopic (exact) mass is 213 g/mol. The number of methoxy groups -OCH3 is 1. The molecule has 1 aliphatic rings. The fourth-order valence-corrected chi connectivity index (χ4v) is 1.81. The smallest absolute Gasteiger partial charge is 0.310 e. The molecule has 1 heterocycles. The van der Waals surface area contributed by atoms with Crippen LogP contribution < -0.4 is 0 Å². The Kier molecular flexibility index (Phi) is 5.36. The van der Waals surface area contributed by atoms with Gasteiger partial charge >= 0.3 is 5.97 Å². The Labute approximate surface area is 90.8 Å². The van der Waals surface area contributed by atoms with Crippen molar-refractivity contribution in [2.75, 3.05) is 33.5 Å². The molecule has 0 spiro atoms. The predicted molar refractivity (Wildman–Crippen MR) is 57.3 cm³/mol. The van der Waals surface area contributed by atoms with Crippen LogP contribution in [0.2, 0.25) is 0 Å². The fourth-order valence-electron chi connectivity index (χ4n) is 1.81. The van der Waals surface area contributed by atoms with Gasteiger partial charge in [0.1, 0.15) is 6.61 Å². The molecule has 0 radical (unpaired) electrons. The maximum atomic E-state index is 11.6. The van der Waals surface area contributed by atoms with E-state index in [9.17, 15) is 4.79 Å². The minimum Gasteiger partial charge on any atom is -0.461 e. The van der Waals surface area contributed by atoms with Gasteiger partial charge in [-0.05, 0) is 12.8 Å². The lowest BCUT2D eigenvalue weighted by atomic mass is 9.99. The molecule has 86 valence electrons. The van der Waals surface area contributed by atoms with Crippen LogP contribution >= 0.6 is 0 Å². The van der Waals surface area contributed by atoms with Crippen LogP contribution in [0.4, 0.5) is 0 Å². The van der Waals surface area contributed by atoms with E-state index in [0.717, 1.165) is 25.9 Å². The van der Waals surface area contributed by atoms with Gasteiger partial charge in [0, 0.05) is 20.2 Å². The summed E-state index contributed by atoms with van der Waals surface area (Å²) in [5.41, 5.74) is 0. The maximum Gasteiger partial charge on any atom is 0.310 e. The number of ether oxygens (including phenoxy) is 2. The molecule has 0 saturated carbocycles. The molecule has 0 aromatic rings. The lowest BCUT2D eigenvalue weighted by molar-refractivity contribution is -0.149. The van der Waals surface area contributed by atoms with Crippen LogP contribution in [0.25, 0.3) is 0 Å². The van der Waals surface area contributed by atoms with E-state index in [-0.39, 0.29) is 11.9 Å². The van der Waals surface area contributed by atoms with E-state index >= 15 is 0 Å². The van der Waals surface area contributed by atoms with E-state index in [1.807, 2.05) is 0 Å². The summed E-state index contributed by atoms with van der Waals surface area (Å²) in [5.74, 6) is -0.121. The minimum absolute atomic E-state index is 0.00569. The Bertz CT molecular complexity index is 216. The molecule has 0 aromatic carbocycles. The Balaban J connectivity index is 2.34. The van der Waals surface area contributed by atoms with Gasteiger partial charge in [0.2, 0.25) is 0 Å². The van der Waals surface area contributed by atoms with Crippen LogP contribution in [-0.2, 0) is 14.3 Å². The number of esters is 1. The quantitative estimate of drug-likeness (QED) is 0.505. The van der Waals surface area contributed by atoms with Gasteiger partial charge in [-0.2, -0.15) is 0 Å². The van der Waals surface area contributed by atoms with Gasteiger partial charge in [0.25, 0.3) is 0 Å². The van der Waals surface area contributed by atoms with E-state index in [4.69, 9.17) is 9.47 Å². The zero-order valence-electron chi connectivity index (χ0n) is 9.28. The number of piperidine rings is 1. The van der Waals surface area contributed by atoms with Gasteiger partial charge in [-0.3, -0.25) is 9.69 Å². The molecule has 4 nitrogen and oxygen atoms in total. The number of nitrogens with zero attached hydrogens (tertiary/aromatic N) is 1. The third kappa shape index (κ3) is 4.01. The second-order valence-electron chi connectivity index (χ2n) is 3.75. The first kappa shape index (κ1) is 12.2. The van der Waals surface area contributed by atoms with Crippen molar-refractivity contribution in [1.82, 2.24) is 4.90 Å². The lowest BCUT2D eigenvalue weighted by Gasteiger charge is -2.30. The van der Waals surface area contributed by atoms with Crippen LogP contribution in [0.1, 0.15) is 12.8 Å². The molecule has 0 bridgehead atoms. The number of carbonyl (C=O) groups excluding carboxylic acids is 1. The number of hydrogen-bond acceptors (Lipinski definition) is 4. The third-order valence-corrected chi connectivity index (χ3v) is 2.49. The molecule has 0 aliphatic carbocycles. The molecule has 4 heteroatoms. The highest BCUT2D eigenvalue weighted by Crippen LogP contribution is 2.17. The van der Waals surface area contributed by atoms with E-state index in [1.165, 1.54) is 0 Å². The number of hydrogen-bond donors (Lipinski definition) is 0. The zero-order chi connectivity index (χ0) is 11.1. The van der Waals surface area contributed by atoms with Crippen LogP contribution in [-0.4, -0.2) is 44.4 Å². The van der Waals surface area contributed by atoms with Gasteiger partial charge < -0.3 is 9.47 Å². The highest BCUT2D eigenvalue weighted by Gasteiger charge is 2.26. The van der Waals surface area contributed by atoms with Crippen molar-refractivity contribution in [2.45, 2.75) is 12.8 Å².